The number of hydrogen-bond donors (Lipinski definition) is 0. The van der Waals surface area contributed by atoms with E-state index in [4.69, 9.17) is 0 Å². The Morgan fingerprint density at radius 3 is 2.42 bits per heavy atom. The van der Waals surface area contributed by atoms with Crippen LogP contribution in [0.5, 0.6) is 0 Å². The molecule has 0 radical (unpaired) electrons. The minimum Gasteiger partial charge on any atom is -0.342 e. The van der Waals surface area contributed by atoms with Crippen LogP contribution < -0.4 is 0 Å². The quantitative estimate of drug-likeness (QED) is 0.297. The molecule has 6 rings (SSSR count). The highest BCUT2D eigenvalue weighted by Crippen LogP contribution is 2.43. The fraction of sp³-hybridized carbons (Fsp3) is 0.323. The number of nitrogens with zero attached hydrogens (tertiary/aromatic N) is 1. The van der Waals surface area contributed by atoms with E-state index in [1.165, 1.54) is 27.8 Å². The molecule has 1 fully saturated rings. The number of amides is 1. The van der Waals surface area contributed by atoms with Crippen molar-refractivity contribution < 1.29 is 26.7 Å². The summed E-state index contributed by atoms with van der Waals surface area (Å²) in [7, 11) is 0. The number of carbonyl (C=O) groups is 1. The van der Waals surface area contributed by atoms with Crippen LogP contribution in [0.4, 0.5) is 22.0 Å². The number of hydrogen-bond acceptors (Lipinski definition) is 1. The third-order valence-corrected chi connectivity index (χ3v) is 8.30. The molecule has 7 heteroatoms. The molecule has 0 bridgehead atoms. The molecule has 1 heterocycles. The van der Waals surface area contributed by atoms with E-state index in [1.54, 1.807) is 4.90 Å². The Morgan fingerprint density at radius 2 is 1.66 bits per heavy atom. The van der Waals surface area contributed by atoms with Crippen LogP contribution in [-0.2, 0) is 23.8 Å². The van der Waals surface area contributed by atoms with Crippen molar-refractivity contribution in [3.63, 3.8) is 0 Å². The van der Waals surface area contributed by atoms with Crippen LogP contribution in [0.3, 0.4) is 0 Å². The van der Waals surface area contributed by atoms with Gasteiger partial charge in [-0.1, -0.05) is 54.7 Å². The van der Waals surface area contributed by atoms with Gasteiger partial charge >= 0.3 is 6.18 Å². The lowest BCUT2D eigenvalue weighted by atomic mass is 9.76. The summed E-state index contributed by atoms with van der Waals surface area (Å²) in [4.78, 5) is 15.3. The lowest BCUT2D eigenvalue weighted by molar-refractivity contribution is -0.141. The second kappa shape index (κ2) is 9.37. The second-order valence-electron chi connectivity index (χ2n) is 10.3. The number of alkyl halides is 3. The van der Waals surface area contributed by atoms with Gasteiger partial charge in [0, 0.05) is 13.1 Å². The summed E-state index contributed by atoms with van der Waals surface area (Å²) in [5, 5.41) is 0. The summed E-state index contributed by atoms with van der Waals surface area (Å²) in [6.07, 6.45) is 10.6. The zero-order valence-corrected chi connectivity index (χ0v) is 20.6. The number of halogens is 5. The zero-order chi connectivity index (χ0) is 26.6. The Labute approximate surface area is 217 Å². The highest BCUT2D eigenvalue weighted by molar-refractivity contribution is 5.89. The number of benzene rings is 2. The molecule has 0 N–H and O–H groups in total. The molecule has 4 aliphatic rings. The van der Waals surface area contributed by atoms with Gasteiger partial charge in [0.05, 0.1) is 11.5 Å². The lowest BCUT2D eigenvalue weighted by Crippen LogP contribution is -2.41. The van der Waals surface area contributed by atoms with Gasteiger partial charge in [0.15, 0.2) is 11.6 Å². The number of rotatable bonds is 2. The number of piperidine rings is 1. The normalized spacial score (nSPS) is 20.9. The van der Waals surface area contributed by atoms with Gasteiger partial charge in [-0.2, -0.15) is 13.2 Å². The van der Waals surface area contributed by atoms with Crippen LogP contribution >= 0.6 is 0 Å². The van der Waals surface area contributed by atoms with Crippen LogP contribution in [0.15, 0.2) is 66.3 Å². The average molecular weight is 524 g/mol. The summed E-state index contributed by atoms with van der Waals surface area (Å²) >= 11 is 0. The predicted molar refractivity (Wildman–Crippen MR) is 135 cm³/mol. The van der Waals surface area contributed by atoms with Crippen LogP contribution in [0.25, 0.3) is 5.57 Å². The van der Waals surface area contributed by atoms with Gasteiger partial charge in [-0.3, -0.25) is 4.79 Å². The molecule has 3 aliphatic carbocycles. The van der Waals surface area contributed by atoms with Crippen molar-refractivity contribution in [2.24, 2.45) is 0 Å². The molecule has 2 aromatic rings. The Kier molecular flexibility index (Phi) is 6.12. The molecular weight excluding hydrogens is 497 g/mol. The van der Waals surface area contributed by atoms with Gasteiger partial charge in [0.2, 0.25) is 5.91 Å². The third kappa shape index (κ3) is 4.12. The van der Waals surface area contributed by atoms with Gasteiger partial charge in [-0.05, 0) is 83.1 Å². The summed E-state index contributed by atoms with van der Waals surface area (Å²) in [5.74, 6) is -4.50. The van der Waals surface area contributed by atoms with Gasteiger partial charge < -0.3 is 4.90 Å². The van der Waals surface area contributed by atoms with E-state index in [9.17, 15) is 26.7 Å². The monoisotopic (exact) mass is 523 g/mol. The summed E-state index contributed by atoms with van der Waals surface area (Å²) in [5.41, 5.74) is 5.45. The smallest absolute Gasteiger partial charge is 0.342 e. The molecule has 0 spiro atoms. The molecule has 1 saturated heterocycles. The molecule has 0 saturated carbocycles. The highest BCUT2D eigenvalue weighted by Gasteiger charge is 2.41. The number of fused-ring (bicyclic) bond motifs is 5. The number of carbonyl (C=O) groups excluding carboxylic acids is 1. The van der Waals surface area contributed by atoms with E-state index in [-0.39, 0.29) is 37.4 Å². The molecule has 1 atom stereocenters. The minimum absolute atomic E-state index is 0.0752. The van der Waals surface area contributed by atoms with E-state index >= 15 is 0 Å². The van der Waals surface area contributed by atoms with Crippen LogP contribution in [0.2, 0.25) is 0 Å². The standard InChI is InChI=1S/C31H26F5NO/c32-27-13-12-21(28(29(27)33)31(34,35)36)19-14-16-37(17-15-19)30(38)26-7-3-6-22-24-9-8-18-4-1-2-5-20(18)23(24)10-11-25(22)26/h1-3,5,7-8,10-13,19,26H,4,6,9,14-17H2. The van der Waals surface area contributed by atoms with Crippen molar-refractivity contribution in [3.8, 4) is 0 Å². The SMILES string of the molecule is O=C(C1C=CCc2c1ccc1c2CC=C2CC=CC=C21)N1CCC(c2ccc(F)c(F)c2C(F)(F)F)CC1. The third-order valence-electron chi connectivity index (χ3n) is 8.30. The van der Waals surface area contributed by atoms with Gasteiger partial charge in [-0.15, -0.1) is 0 Å². The van der Waals surface area contributed by atoms with Gasteiger partial charge in [-0.25, -0.2) is 8.78 Å². The Hall–Kier alpha value is -3.48. The van der Waals surface area contributed by atoms with Crippen LogP contribution in [0.1, 0.15) is 64.5 Å². The first-order valence-electron chi connectivity index (χ1n) is 13.0. The molecule has 38 heavy (non-hydrogen) atoms. The summed E-state index contributed by atoms with van der Waals surface area (Å²) < 4.78 is 68.4. The maximum Gasteiger partial charge on any atom is 0.419 e. The molecule has 1 amide bonds. The van der Waals surface area contributed by atoms with E-state index in [2.05, 4.69) is 30.4 Å². The Bertz CT molecular complexity index is 1440. The van der Waals surface area contributed by atoms with Crippen molar-refractivity contribution in [2.75, 3.05) is 13.1 Å². The van der Waals surface area contributed by atoms with E-state index < -0.39 is 35.2 Å². The Morgan fingerprint density at radius 1 is 0.895 bits per heavy atom. The first-order chi connectivity index (χ1) is 18.2. The fourth-order valence-electron chi connectivity index (χ4n) is 6.43. The molecule has 2 nitrogen and oxygen atoms in total. The van der Waals surface area contributed by atoms with Crippen molar-refractivity contribution in [1.82, 2.24) is 4.90 Å². The zero-order valence-electron chi connectivity index (χ0n) is 20.6. The van der Waals surface area contributed by atoms with E-state index in [0.29, 0.717) is 0 Å². The molecule has 1 aliphatic heterocycles. The number of allylic oxidation sites excluding steroid dienone is 7. The lowest BCUT2D eigenvalue weighted by Gasteiger charge is -2.36. The average Bonchev–Trinajstić information content (AvgIpc) is 2.92. The maximum atomic E-state index is 14.1. The first kappa shape index (κ1) is 24.8. The maximum absolute atomic E-state index is 14.1. The highest BCUT2D eigenvalue weighted by atomic mass is 19.4. The largest absolute Gasteiger partial charge is 0.419 e. The van der Waals surface area contributed by atoms with Crippen LogP contribution in [-0.4, -0.2) is 23.9 Å². The second-order valence-corrected chi connectivity index (χ2v) is 10.3. The fourth-order valence-corrected chi connectivity index (χ4v) is 6.43. The van der Waals surface area contributed by atoms with Crippen molar-refractivity contribution >= 4 is 11.5 Å². The predicted octanol–water partition coefficient (Wildman–Crippen LogP) is 7.41. The van der Waals surface area contributed by atoms with E-state index in [1.807, 2.05) is 18.2 Å². The van der Waals surface area contributed by atoms with Crippen molar-refractivity contribution in [2.45, 2.75) is 50.1 Å². The Balaban J connectivity index is 1.22. The topological polar surface area (TPSA) is 20.3 Å². The van der Waals surface area contributed by atoms with E-state index in [0.717, 1.165) is 37.0 Å². The molecule has 0 aromatic heterocycles. The van der Waals surface area contributed by atoms with Gasteiger partial charge in [0.1, 0.15) is 0 Å². The molecule has 1 unspecified atom stereocenters. The summed E-state index contributed by atoms with van der Waals surface area (Å²) in [6, 6.07) is 5.94. The molecule has 2 aromatic carbocycles. The van der Waals surface area contributed by atoms with Crippen molar-refractivity contribution in [1.29, 1.82) is 0 Å². The first-order valence-corrected chi connectivity index (χ1v) is 13.0. The summed E-state index contributed by atoms with van der Waals surface area (Å²) in [6.45, 7) is 0.519. The van der Waals surface area contributed by atoms with Crippen LogP contribution in [0, 0.1) is 11.6 Å². The number of likely N-dealkylation sites (tertiary alicyclic amines) is 1. The van der Waals surface area contributed by atoms with Gasteiger partial charge in [0.25, 0.3) is 0 Å². The molecule has 196 valence electrons. The minimum atomic E-state index is -5.00. The van der Waals surface area contributed by atoms with Crippen molar-refractivity contribution in [3.05, 3.63) is 111 Å². The molecular formula is C31H26F5NO.